The number of aliphatic carboxylic acids is 1. The van der Waals surface area contributed by atoms with Crippen LogP contribution in [0.3, 0.4) is 0 Å². The van der Waals surface area contributed by atoms with Crippen molar-refractivity contribution in [1.29, 1.82) is 0 Å². The SMILES string of the molecule is O=C(O)C1CC(=O)N(c2c(F)cc(Br)cc2[N+](=O)[O-])C1. The summed E-state index contributed by atoms with van der Waals surface area (Å²) in [6, 6.07) is 2.06. The molecule has 0 saturated carbocycles. The number of rotatable bonds is 3. The number of hydrogen-bond donors (Lipinski definition) is 1. The van der Waals surface area contributed by atoms with E-state index in [1.165, 1.54) is 0 Å². The van der Waals surface area contributed by atoms with Gasteiger partial charge in [-0.15, -0.1) is 0 Å². The maximum Gasteiger partial charge on any atom is 0.308 e. The van der Waals surface area contributed by atoms with Crippen LogP contribution in [0.1, 0.15) is 6.42 Å². The minimum absolute atomic E-state index is 0.159. The zero-order valence-corrected chi connectivity index (χ0v) is 11.5. The Morgan fingerprint density at radius 2 is 2.20 bits per heavy atom. The molecule has 20 heavy (non-hydrogen) atoms. The number of carbonyl (C=O) groups is 2. The number of nitro groups is 1. The lowest BCUT2D eigenvalue weighted by Crippen LogP contribution is -2.27. The van der Waals surface area contributed by atoms with Gasteiger partial charge >= 0.3 is 5.97 Å². The first kappa shape index (κ1) is 14.4. The van der Waals surface area contributed by atoms with Crippen molar-refractivity contribution in [3.8, 4) is 0 Å². The number of hydrogen-bond acceptors (Lipinski definition) is 4. The summed E-state index contributed by atoms with van der Waals surface area (Å²) in [7, 11) is 0. The summed E-state index contributed by atoms with van der Waals surface area (Å²) in [5, 5.41) is 19.8. The normalized spacial score (nSPS) is 18.4. The second-order valence-corrected chi connectivity index (χ2v) is 5.17. The number of anilines is 1. The average molecular weight is 347 g/mol. The van der Waals surface area contributed by atoms with Gasteiger partial charge in [-0.2, -0.15) is 0 Å². The molecule has 1 aliphatic heterocycles. The third kappa shape index (κ3) is 2.48. The maximum atomic E-state index is 13.9. The lowest BCUT2D eigenvalue weighted by Gasteiger charge is -2.17. The molecule has 7 nitrogen and oxygen atoms in total. The van der Waals surface area contributed by atoms with Gasteiger partial charge in [0.1, 0.15) is 0 Å². The molecule has 1 heterocycles. The Kier molecular flexibility index (Phi) is 3.71. The van der Waals surface area contributed by atoms with E-state index in [-0.39, 0.29) is 17.4 Å². The molecule has 106 valence electrons. The van der Waals surface area contributed by atoms with Gasteiger partial charge in [0.2, 0.25) is 5.91 Å². The lowest BCUT2D eigenvalue weighted by atomic mass is 10.1. The molecule has 1 unspecified atom stereocenters. The van der Waals surface area contributed by atoms with Crippen LogP contribution >= 0.6 is 15.9 Å². The lowest BCUT2D eigenvalue weighted by molar-refractivity contribution is -0.384. The van der Waals surface area contributed by atoms with Crippen LogP contribution in [0.5, 0.6) is 0 Å². The minimum Gasteiger partial charge on any atom is -0.481 e. The number of carbonyl (C=O) groups excluding carboxylic acids is 1. The highest BCUT2D eigenvalue weighted by Crippen LogP contribution is 2.37. The van der Waals surface area contributed by atoms with Crippen molar-refractivity contribution in [3.63, 3.8) is 0 Å². The molecule has 1 amide bonds. The molecule has 1 atom stereocenters. The van der Waals surface area contributed by atoms with Gasteiger partial charge in [0.25, 0.3) is 5.69 Å². The Morgan fingerprint density at radius 1 is 1.55 bits per heavy atom. The standard InChI is InChI=1S/C11H8BrFN2O5/c12-6-2-7(13)10(8(3-6)15(19)20)14-4-5(11(17)18)1-9(14)16/h2-3,5H,1,4H2,(H,17,18). The van der Waals surface area contributed by atoms with E-state index in [2.05, 4.69) is 15.9 Å². The highest BCUT2D eigenvalue weighted by molar-refractivity contribution is 9.10. The molecule has 0 radical (unpaired) electrons. The summed E-state index contributed by atoms with van der Waals surface area (Å²) in [5.74, 6) is -3.79. The quantitative estimate of drug-likeness (QED) is 0.665. The first-order chi connectivity index (χ1) is 9.31. The Hall–Kier alpha value is -2.03. The van der Waals surface area contributed by atoms with Crippen LogP contribution in [-0.4, -0.2) is 28.5 Å². The van der Waals surface area contributed by atoms with E-state index in [1.807, 2.05) is 0 Å². The fraction of sp³-hybridized carbons (Fsp3) is 0.273. The summed E-state index contributed by atoms with van der Waals surface area (Å²) in [6.07, 6.45) is -0.304. The summed E-state index contributed by atoms with van der Waals surface area (Å²) in [6.45, 7) is -0.284. The topological polar surface area (TPSA) is 101 Å². The summed E-state index contributed by atoms with van der Waals surface area (Å²) in [4.78, 5) is 33.6. The van der Waals surface area contributed by atoms with Crippen LogP contribution in [0.2, 0.25) is 0 Å². The molecule has 9 heteroatoms. The van der Waals surface area contributed by atoms with Crippen LogP contribution in [0.4, 0.5) is 15.8 Å². The number of halogens is 2. The van der Waals surface area contributed by atoms with Gasteiger partial charge in [-0.1, -0.05) is 15.9 Å². The third-order valence-corrected chi connectivity index (χ3v) is 3.41. The smallest absolute Gasteiger partial charge is 0.308 e. The van der Waals surface area contributed by atoms with Crippen molar-refractivity contribution in [2.45, 2.75) is 6.42 Å². The van der Waals surface area contributed by atoms with Crippen LogP contribution in [-0.2, 0) is 9.59 Å². The Balaban J connectivity index is 2.50. The first-order valence-electron chi connectivity index (χ1n) is 5.48. The maximum absolute atomic E-state index is 13.9. The highest BCUT2D eigenvalue weighted by atomic mass is 79.9. The molecule has 1 aromatic carbocycles. The molecule has 1 fully saturated rings. The molecule has 0 aromatic heterocycles. The van der Waals surface area contributed by atoms with E-state index in [0.717, 1.165) is 17.0 Å². The number of carboxylic acids is 1. The summed E-state index contributed by atoms with van der Waals surface area (Å²) < 4.78 is 14.1. The number of nitrogens with zero attached hydrogens (tertiary/aromatic N) is 2. The summed E-state index contributed by atoms with van der Waals surface area (Å²) in [5.41, 5.74) is -1.08. The molecule has 1 N–H and O–H groups in total. The monoisotopic (exact) mass is 346 g/mol. The fourth-order valence-electron chi connectivity index (χ4n) is 2.05. The Bertz CT molecular complexity index is 621. The van der Waals surface area contributed by atoms with E-state index >= 15 is 0 Å². The first-order valence-corrected chi connectivity index (χ1v) is 6.27. The fourth-order valence-corrected chi connectivity index (χ4v) is 2.47. The number of carboxylic acid groups (broad SMARTS) is 1. The van der Waals surface area contributed by atoms with Crippen LogP contribution < -0.4 is 4.90 Å². The molecular weight excluding hydrogens is 339 g/mol. The number of benzene rings is 1. The van der Waals surface area contributed by atoms with Crippen molar-refractivity contribution in [2.75, 3.05) is 11.4 Å². The van der Waals surface area contributed by atoms with Crippen LogP contribution in [0, 0.1) is 21.8 Å². The van der Waals surface area contributed by atoms with Crippen LogP contribution in [0.25, 0.3) is 0 Å². The van der Waals surface area contributed by atoms with Gasteiger partial charge < -0.3 is 10.0 Å². The van der Waals surface area contributed by atoms with E-state index in [0.29, 0.717) is 0 Å². The second kappa shape index (κ2) is 5.16. The molecule has 0 bridgehead atoms. The van der Waals surface area contributed by atoms with Crippen molar-refractivity contribution in [1.82, 2.24) is 0 Å². The molecular formula is C11H8BrFN2O5. The highest BCUT2D eigenvalue weighted by Gasteiger charge is 2.39. The van der Waals surface area contributed by atoms with Gasteiger partial charge in [-0.25, -0.2) is 4.39 Å². The predicted octanol–water partition coefficient (Wildman–Crippen LogP) is 1.93. The van der Waals surface area contributed by atoms with Crippen molar-refractivity contribution >= 4 is 39.2 Å². The molecule has 1 aliphatic rings. The molecule has 1 saturated heterocycles. The van der Waals surface area contributed by atoms with Crippen LogP contribution in [0.15, 0.2) is 16.6 Å². The largest absolute Gasteiger partial charge is 0.481 e. The predicted molar refractivity (Wildman–Crippen MR) is 68.9 cm³/mol. The van der Waals surface area contributed by atoms with Gasteiger partial charge in [0.15, 0.2) is 11.5 Å². The third-order valence-electron chi connectivity index (χ3n) is 2.95. The molecule has 0 aliphatic carbocycles. The molecule has 2 rings (SSSR count). The summed E-state index contributed by atoms with van der Waals surface area (Å²) >= 11 is 2.93. The van der Waals surface area contributed by atoms with E-state index in [9.17, 15) is 24.1 Å². The van der Waals surface area contributed by atoms with E-state index in [1.54, 1.807) is 0 Å². The second-order valence-electron chi connectivity index (χ2n) is 4.26. The van der Waals surface area contributed by atoms with Crippen molar-refractivity contribution < 1.29 is 24.0 Å². The van der Waals surface area contributed by atoms with Gasteiger partial charge in [0, 0.05) is 23.5 Å². The average Bonchev–Trinajstić information content (AvgIpc) is 2.70. The number of amides is 1. The molecule has 1 aromatic rings. The zero-order chi connectivity index (χ0) is 15.0. The van der Waals surface area contributed by atoms with Gasteiger partial charge in [-0.05, 0) is 6.07 Å². The van der Waals surface area contributed by atoms with E-state index < -0.39 is 39.9 Å². The number of nitro benzene ring substituents is 1. The van der Waals surface area contributed by atoms with Gasteiger partial charge in [-0.3, -0.25) is 19.7 Å². The van der Waals surface area contributed by atoms with Gasteiger partial charge in [0.05, 0.1) is 10.8 Å². The van der Waals surface area contributed by atoms with Crippen molar-refractivity contribution in [3.05, 3.63) is 32.5 Å². The zero-order valence-electron chi connectivity index (χ0n) is 9.88. The Morgan fingerprint density at radius 3 is 2.70 bits per heavy atom. The van der Waals surface area contributed by atoms with E-state index in [4.69, 9.17) is 5.11 Å². The molecule has 0 spiro atoms. The van der Waals surface area contributed by atoms with Crippen molar-refractivity contribution in [2.24, 2.45) is 5.92 Å². The minimum atomic E-state index is -1.19. The Labute approximate surface area is 120 Å².